The van der Waals surface area contributed by atoms with Gasteiger partial charge in [0.15, 0.2) is 0 Å². The molecule has 0 aromatic carbocycles. The van der Waals surface area contributed by atoms with Crippen molar-refractivity contribution >= 4 is 0 Å². The van der Waals surface area contributed by atoms with Crippen molar-refractivity contribution in [1.29, 1.82) is 0 Å². The summed E-state index contributed by atoms with van der Waals surface area (Å²) in [4.78, 5) is 13.3. The van der Waals surface area contributed by atoms with E-state index in [0.29, 0.717) is 5.92 Å². The highest BCUT2D eigenvalue weighted by Crippen LogP contribution is 2.31. The Bertz CT molecular complexity index is 536. The summed E-state index contributed by atoms with van der Waals surface area (Å²) in [6.45, 7) is 0. The summed E-state index contributed by atoms with van der Waals surface area (Å²) < 4.78 is 0. The van der Waals surface area contributed by atoms with Crippen LogP contribution in [0.15, 0.2) is 36.7 Å². The van der Waals surface area contributed by atoms with Crippen molar-refractivity contribution in [3.8, 4) is 11.4 Å². The second kappa shape index (κ2) is 5.45. The molecule has 2 heterocycles. The first-order chi connectivity index (χ1) is 9.33. The fourth-order valence-corrected chi connectivity index (χ4v) is 2.56. The molecule has 0 bridgehead atoms. The van der Waals surface area contributed by atoms with Crippen molar-refractivity contribution in [2.75, 3.05) is 0 Å². The SMILES string of the molecule is OC1CCC(c2nccc(-c3ccccn3)n2)CC1. The zero-order valence-electron chi connectivity index (χ0n) is 10.7. The molecule has 3 rings (SSSR count). The average molecular weight is 255 g/mol. The first-order valence-electron chi connectivity index (χ1n) is 6.75. The van der Waals surface area contributed by atoms with Crippen LogP contribution >= 0.6 is 0 Å². The molecular weight excluding hydrogens is 238 g/mol. The Balaban J connectivity index is 1.84. The topological polar surface area (TPSA) is 58.9 Å². The molecule has 0 saturated heterocycles. The van der Waals surface area contributed by atoms with Gasteiger partial charge in [-0.3, -0.25) is 4.98 Å². The lowest BCUT2D eigenvalue weighted by Crippen LogP contribution is -2.18. The predicted molar refractivity (Wildman–Crippen MR) is 72.5 cm³/mol. The van der Waals surface area contributed by atoms with Crippen molar-refractivity contribution < 1.29 is 5.11 Å². The van der Waals surface area contributed by atoms with Crippen LogP contribution in [-0.4, -0.2) is 26.2 Å². The molecule has 19 heavy (non-hydrogen) atoms. The van der Waals surface area contributed by atoms with Crippen LogP contribution < -0.4 is 0 Å². The van der Waals surface area contributed by atoms with Gasteiger partial charge in [0.25, 0.3) is 0 Å². The van der Waals surface area contributed by atoms with Gasteiger partial charge >= 0.3 is 0 Å². The minimum Gasteiger partial charge on any atom is -0.393 e. The van der Waals surface area contributed by atoms with Crippen LogP contribution in [-0.2, 0) is 0 Å². The van der Waals surface area contributed by atoms with E-state index in [9.17, 15) is 5.11 Å². The number of aromatic nitrogens is 3. The molecule has 1 aliphatic rings. The lowest BCUT2D eigenvalue weighted by molar-refractivity contribution is 0.121. The second-order valence-corrected chi connectivity index (χ2v) is 5.02. The highest BCUT2D eigenvalue weighted by Gasteiger charge is 2.23. The van der Waals surface area contributed by atoms with Gasteiger partial charge in [0.05, 0.1) is 17.5 Å². The first-order valence-corrected chi connectivity index (χ1v) is 6.75. The van der Waals surface area contributed by atoms with Gasteiger partial charge in [0.1, 0.15) is 5.82 Å². The van der Waals surface area contributed by atoms with Crippen molar-refractivity contribution in [3.05, 3.63) is 42.5 Å². The Morgan fingerprint density at radius 2 is 1.74 bits per heavy atom. The molecule has 1 saturated carbocycles. The predicted octanol–water partition coefficient (Wildman–Crippen LogP) is 2.56. The maximum Gasteiger partial charge on any atom is 0.132 e. The molecule has 1 aliphatic carbocycles. The zero-order chi connectivity index (χ0) is 13.1. The quantitative estimate of drug-likeness (QED) is 0.896. The molecule has 2 aromatic rings. The highest BCUT2D eigenvalue weighted by molar-refractivity contribution is 5.52. The maximum atomic E-state index is 9.56. The highest BCUT2D eigenvalue weighted by atomic mass is 16.3. The monoisotopic (exact) mass is 255 g/mol. The van der Waals surface area contributed by atoms with Gasteiger partial charge in [-0.05, 0) is 43.9 Å². The van der Waals surface area contributed by atoms with E-state index in [4.69, 9.17) is 0 Å². The number of aliphatic hydroxyl groups is 1. The van der Waals surface area contributed by atoms with Gasteiger partial charge in [0, 0.05) is 18.3 Å². The van der Waals surface area contributed by atoms with E-state index >= 15 is 0 Å². The molecule has 0 aliphatic heterocycles. The van der Waals surface area contributed by atoms with Gasteiger partial charge in [-0.2, -0.15) is 0 Å². The van der Waals surface area contributed by atoms with Crippen molar-refractivity contribution in [1.82, 2.24) is 15.0 Å². The fraction of sp³-hybridized carbons (Fsp3) is 0.400. The number of nitrogens with zero attached hydrogens (tertiary/aromatic N) is 3. The van der Waals surface area contributed by atoms with Crippen molar-refractivity contribution in [2.24, 2.45) is 0 Å². The molecular formula is C15H17N3O. The average Bonchev–Trinajstić information content (AvgIpc) is 2.49. The van der Waals surface area contributed by atoms with Gasteiger partial charge in [0.2, 0.25) is 0 Å². The largest absolute Gasteiger partial charge is 0.393 e. The minimum atomic E-state index is -0.143. The Kier molecular flexibility index (Phi) is 3.51. The molecule has 98 valence electrons. The Morgan fingerprint density at radius 1 is 0.895 bits per heavy atom. The third-order valence-corrected chi connectivity index (χ3v) is 3.66. The summed E-state index contributed by atoms with van der Waals surface area (Å²) in [5.74, 6) is 1.25. The van der Waals surface area contributed by atoms with Crippen LogP contribution in [0.1, 0.15) is 37.4 Å². The maximum absolute atomic E-state index is 9.56. The van der Waals surface area contributed by atoms with E-state index in [1.807, 2.05) is 24.3 Å². The van der Waals surface area contributed by atoms with E-state index in [-0.39, 0.29) is 6.10 Å². The van der Waals surface area contributed by atoms with Gasteiger partial charge in [-0.15, -0.1) is 0 Å². The fourth-order valence-electron chi connectivity index (χ4n) is 2.56. The molecule has 0 spiro atoms. The van der Waals surface area contributed by atoms with Crippen molar-refractivity contribution in [3.63, 3.8) is 0 Å². The number of hydrogen-bond acceptors (Lipinski definition) is 4. The van der Waals surface area contributed by atoms with Crippen LogP contribution in [0.5, 0.6) is 0 Å². The third-order valence-electron chi connectivity index (χ3n) is 3.66. The zero-order valence-corrected chi connectivity index (χ0v) is 10.7. The summed E-state index contributed by atoms with van der Waals surface area (Å²) in [5.41, 5.74) is 1.75. The molecule has 0 atom stereocenters. The number of rotatable bonds is 2. The Hall–Kier alpha value is -1.81. The minimum absolute atomic E-state index is 0.143. The smallest absolute Gasteiger partial charge is 0.132 e. The second-order valence-electron chi connectivity index (χ2n) is 5.02. The summed E-state index contributed by atoms with van der Waals surface area (Å²) in [5, 5.41) is 9.56. The van der Waals surface area contributed by atoms with Crippen LogP contribution in [0.3, 0.4) is 0 Å². The van der Waals surface area contributed by atoms with Crippen LogP contribution in [0, 0.1) is 0 Å². The summed E-state index contributed by atoms with van der Waals surface area (Å²) in [6, 6.07) is 7.70. The Morgan fingerprint density at radius 3 is 2.47 bits per heavy atom. The third kappa shape index (κ3) is 2.79. The van der Waals surface area contributed by atoms with Crippen LogP contribution in [0.25, 0.3) is 11.4 Å². The summed E-state index contributed by atoms with van der Waals surface area (Å²) in [6.07, 6.45) is 7.06. The number of aliphatic hydroxyl groups excluding tert-OH is 1. The normalized spacial score (nSPS) is 23.2. The first kappa shape index (κ1) is 12.2. The van der Waals surface area contributed by atoms with E-state index in [1.54, 1.807) is 12.4 Å². The number of hydrogen-bond donors (Lipinski definition) is 1. The summed E-state index contributed by atoms with van der Waals surface area (Å²) >= 11 is 0. The molecule has 1 fully saturated rings. The molecule has 0 amide bonds. The lowest BCUT2D eigenvalue weighted by Gasteiger charge is -2.24. The van der Waals surface area contributed by atoms with E-state index in [1.165, 1.54) is 0 Å². The molecule has 4 nitrogen and oxygen atoms in total. The number of pyridine rings is 1. The lowest BCUT2D eigenvalue weighted by atomic mass is 9.87. The van der Waals surface area contributed by atoms with Crippen LogP contribution in [0.2, 0.25) is 0 Å². The molecule has 1 N–H and O–H groups in total. The van der Waals surface area contributed by atoms with Crippen LogP contribution in [0.4, 0.5) is 0 Å². The van der Waals surface area contributed by atoms with Gasteiger partial charge < -0.3 is 5.11 Å². The Labute approximate surface area is 112 Å². The van der Waals surface area contributed by atoms with E-state index < -0.39 is 0 Å². The molecule has 0 unspecified atom stereocenters. The standard InChI is InChI=1S/C15H17N3O/c19-12-6-4-11(5-7-12)15-17-10-8-14(18-15)13-3-1-2-9-16-13/h1-3,8-12,19H,4-7H2. The van der Waals surface area contributed by atoms with E-state index in [0.717, 1.165) is 42.9 Å². The van der Waals surface area contributed by atoms with Gasteiger partial charge in [-0.25, -0.2) is 9.97 Å². The molecule has 0 radical (unpaired) electrons. The molecule has 4 heteroatoms. The van der Waals surface area contributed by atoms with Crippen molar-refractivity contribution in [2.45, 2.75) is 37.7 Å². The summed E-state index contributed by atoms with van der Waals surface area (Å²) in [7, 11) is 0. The van der Waals surface area contributed by atoms with Gasteiger partial charge in [-0.1, -0.05) is 6.07 Å². The van der Waals surface area contributed by atoms with E-state index in [2.05, 4.69) is 15.0 Å². The molecule has 2 aromatic heterocycles.